The Morgan fingerprint density at radius 1 is 0.710 bits per heavy atom. The Morgan fingerprint density at radius 2 is 1.06 bits per heavy atom. The third kappa shape index (κ3) is 4.63. The van der Waals surface area contributed by atoms with Crippen molar-refractivity contribution in [2.45, 2.75) is 13.8 Å². The second-order valence-electron chi connectivity index (χ2n) is 7.03. The summed E-state index contributed by atoms with van der Waals surface area (Å²) in [6.45, 7) is 8.17. The fraction of sp³-hybridized carbons (Fsp3) is 0.160. The van der Waals surface area contributed by atoms with E-state index in [1.54, 1.807) is 20.0 Å². The molecule has 1 aliphatic heterocycles. The molecular formula is C25H23AuClN2O2-. The van der Waals surface area contributed by atoms with E-state index in [4.69, 9.17) is 0 Å². The van der Waals surface area contributed by atoms with Crippen molar-refractivity contribution < 1.29 is 29.6 Å². The van der Waals surface area contributed by atoms with Gasteiger partial charge in [0.25, 0.3) is 0 Å². The van der Waals surface area contributed by atoms with Gasteiger partial charge in [-0.3, -0.25) is 9.59 Å². The summed E-state index contributed by atoms with van der Waals surface area (Å²) < 4.78 is 0. The number of carbonyl (C=O) groups excluding carboxylic acids is 2. The van der Waals surface area contributed by atoms with Gasteiger partial charge in [-0.25, -0.2) is 0 Å². The first-order valence-corrected chi connectivity index (χ1v) is 12.7. The second-order valence-corrected chi connectivity index (χ2v) is 7.03. The zero-order chi connectivity index (χ0) is 22.4. The van der Waals surface area contributed by atoms with Crippen molar-refractivity contribution in [1.82, 2.24) is 0 Å². The Morgan fingerprint density at radius 3 is 1.35 bits per heavy atom. The van der Waals surface area contributed by atoms with Crippen LogP contribution in [0, 0.1) is 6.67 Å². The van der Waals surface area contributed by atoms with Crippen LogP contribution < -0.4 is 9.80 Å². The predicted molar refractivity (Wildman–Crippen MR) is 124 cm³/mol. The Hall–Kier alpha value is -2.37. The van der Waals surface area contributed by atoms with Crippen LogP contribution in [-0.2, 0) is 20.0 Å². The Bertz CT molecular complexity index is 968. The number of aldehydes is 2. The van der Waals surface area contributed by atoms with Crippen LogP contribution in [-0.4, -0.2) is 25.7 Å². The van der Waals surface area contributed by atoms with Crippen LogP contribution in [0.4, 0.5) is 11.4 Å². The molecule has 31 heavy (non-hydrogen) atoms. The Balaban J connectivity index is 0.00000132. The topological polar surface area (TPSA) is 40.6 Å². The van der Waals surface area contributed by atoms with Crippen LogP contribution in [0.25, 0.3) is 22.3 Å². The molecule has 0 radical (unpaired) electrons. The number of benzene rings is 3. The molecule has 1 heterocycles. The van der Waals surface area contributed by atoms with E-state index in [-0.39, 0.29) is 0 Å². The van der Waals surface area contributed by atoms with E-state index >= 15 is 0 Å². The first-order chi connectivity index (χ1) is 15.2. The van der Waals surface area contributed by atoms with E-state index in [1.807, 2.05) is 48.5 Å². The van der Waals surface area contributed by atoms with E-state index in [1.165, 1.54) is 11.4 Å². The molecule has 6 heteroatoms. The predicted octanol–water partition coefficient (Wildman–Crippen LogP) is 6.12. The van der Waals surface area contributed by atoms with Crippen LogP contribution in [0.5, 0.6) is 0 Å². The summed E-state index contributed by atoms with van der Waals surface area (Å²) in [6.07, 6.45) is 1.73. The average molecular weight is 616 g/mol. The van der Waals surface area contributed by atoms with Gasteiger partial charge in [0.1, 0.15) is 12.6 Å². The van der Waals surface area contributed by atoms with Gasteiger partial charge in [0.2, 0.25) is 0 Å². The van der Waals surface area contributed by atoms with Gasteiger partial charge >= 0.3 is 29.2 Å². The average Bonchev–Trinajstić information content (AvgIpc) is 3.24. The summed E-state index contributed by atoms with van der Waals surface area (Å²) in [5.74, 6) is 0. The maximum absolute atomic E-state index is 11.0. The molecule has 1 aliphatic rings. The molecular weight excluding hydrogens is 593 g/mol. The van der Waals surface area contributed by atoms with E-state index in [0.717, 1.165) is 47.9 Å². The van der Waals surface area contributed by atoms with Crippen LogP contribution in [0.15, 0.2) is 60.7 Å². The number of fused-ring (bicyclic) bond motifs is 1. The molecule has 3 aromatic rings. The summed E-state index contributed by atoms with van der Waals surface area (Å²) in [6, 6.07) is 19.7. The molecule has 0 saturated carbocycles. The molecule has 0 aromatic heterocycles. The quantitative estimate of drug-likeness (QED) is 0.190. The van der Waals surface area contributed by atoms with Crippen LogP contribution in [0.3, 0.4) is 0 Å². The van der Waals surface area contributed by atoms with Gasteiger partial charge in [-0.15, -0.1) is 0 Å². The van der Waals surface area contributed by atoms with Crippen LogP contribution in [0.1, 0.15) is 34.6 Å². The number of rotatable bonds is 6. The van der Waals surface area contributed by atoms with Gasteiger partial charge < -0.3 is 9.80 Å². The zero-order valence-electron chi connectivity index (χ0n) is 17.3. The number of halogens is 1. The standard InChI is InChI=1S/C25H23N2O2.Au.ClH/c1-3-26-17-27(4-2)25-23(21-11-7-19(16-29)8-12-21)14-13-22(24(25)26)20-9-5-18(15-28)6-10-20;;/h5-17H,3-4H2,1-2H3;;1H/q-1;+1;/p-1. The normalized spacial score (nSPS) is 12.2. The van der Waals surface area contributed by atoms with Crippen molar-refractivity contribution in [1.29, 1.82) is 0 Å². The number of nitrogens with zero attached hydrogens (tertiary/aromatic N) is 2. The first kappa shape index (κ1) is 23.3. The fourth-order valence-corrected chi connectivity index (χ4v) is 3.87. The van der Waals surface area contributed by atoms with E-state index < -0.39 is 0 Å². The molecule has 0 spiro atoms. The molecule has 3 aromatic carbocycles. The van der Waals surface area contributed by atoms with Gasteiger partial charge in [-0.05, 0) is 38.1 Å². The number of carbonyl (C=O) groups is 2. The minimum absolute atomic E-state index is 0.673. The molecule has 0 aliphatic carbocycles. The summed E-state index contributed by atoms with van der Waals surface area (Å²) in [4.78, 5) is 26.6. The number of hydrogen-bond acceptors (Lipinski definition) is 4. The summed E-state index contributed by atoms with van der Waals surface area (Å²) >= 11 is 1.75. The second kappa shape index (κ2) is 10.8. The molecule has 0 amide bonds. The maximum atomic E-state index is 11.0. The van der Waals surface area contributed by atoms with Crippen molar-refractivity contribution in [2.75, 3.05) is 22.9 Å². The molecule has 4 nitrogen and oxygen atoms in total. The molecule has 4 rings (SSSR count). The zero-order valence-corrected chi connectivity index (χ0v) is 20.2. The molecule has 0 bridgehead atoms. The van der Waals surface area contributed by atoms with Gasteiger partial charge in [0.05, 0.1) is 0 Å². The van der Waals surface area contributed by atoms with Crippen molar-refractivity contribution in [3.8, 4) is 22.3 Å². The van der Waals surface area contributed by atoms with Crippen molar-refractivity contribution in [2.24, 2.45) is 0 Å². The molecule has 164 valence electrons. The molecule has 0 saturated heterocycles. The van der Waals surface area contributed by atoms with Gasteiger partial charge in [0.15, 0.2) is 0 Å². The Kier molecular flexibility index (Phi) is 8.10. The van der Waals surface area contributed by atoms with Crippen LogP contribution >= 0.6 is 9.19 Å². The third-order valence-electron chi connectivity index (χ3n) is 5.40. The van der Waals surface area contributed by atoms with Crippen LogP contribution in [0.2, 0.25) is 0 Å². The first-order valence-electron chi connectivity index (χ1n) is 9.98. The molecule has 0 unspecified atom stereocenters. The Labute approximate surface area is 199 Å². The summed E-state index contributed by atoms with van der Waals surface area (Å²) in [7, 11) is 4.58. The van der Waals surface area contributed by atoms with E-state index in [2.05, 4.69) is 51.6 Å². The minimum atomic E-state index is 0.673. The van der Waals surface area contributed by atoms with E-state index in [0.29, 0.717) is 11.1 Å². The van der Waals surface area contributed by atoms with Gasteiger partial charge in [0, 0.05) is 33.6 Å². The monoisotopic (exact) mass is 615 g/mol. The third-order valence-corrected chi connectivity index (χ3v) is 5.40. The summed E-state index contributed by atoms with van der Waals surface area (Å²) in [5.41, 5.74) is 8.13. The molecule has 0 N–H and O–H groups in total. The van der Waals surface area contributed by atoms with Crippen molar-refractivity contribution in [3.05, 3.63) is 78.5 Å². The van der Waals surface area contributed by atoms with Gasteiger partial charge in [-0.1, -0.05) is 60.7 Å². The summed E-state index contributed by atoms with van der Waals surface area (Å²) in [5, 5.41) is 0. The number of hydrogen-bond donors (Lipinski definition) is 0. The fourth-order valence-electron chi connectivity index (χ4n) is 3.87. The SMILES string of the molecule is CCN1[CH-]N(CC)c2c(-c3ccc(C=O)cc3)ccc(-c3ccc(C=O)cc3)c21.[Cl][Au]. The molecule has 0 atom stereocenters. The van der Waals surface area contributed by atoms with E-state index in [9.17, 15) is 9.59 Å². The van der Waals surface area contributed by atoms with Crippen molar-refractivity contribution in [3.63, 3.8) is 0 Å². The van der Waals surface area contributed by atoms with Crippen molar-refractivity contribution >= 4 is 33.1 Å². The molecule has 0 fully saturated rings. The van der Waals surface area contributed by atoms with Gasteiger partial charge in [-0.2, -0.15) is 6.67 Å². The number of anilines is 2.